The van der Waals surface area contributed by atoms with E-state index in [9.17, 15) is 25.5 Å². The molecule has 0 radical (unpaired) electrons. The van der Waals surface area contributed by atoms with Crippen LogP contribution < -0.4 is 0 Å². The first-order valence-electron chi connectivity index (χ1n) is 9.60. The monoisotopic (exact) mass is 398 g/mol. The molecule has 7 nitrogen and oxygen atoms in total. The largest absolute Gasteiger partial charge is 0.394 e. The number of fused-ring (bicyclic) bond motifs is 3. The highest BCUT2D eigenvalue weighted by Gasteiger charge is 2.46. The van der Waals surface area contributed by atoms with Gasteiger partial charge in [0.2, 0.25) is 0 Å². The van der Waals surface area contributed by atoms with Gasteiger partial charge < -0.3 is 35.0 Å². The van der Waals surface area contributed by atoms with Gasteiger partial charge in [0.25, 0.3) is 0 Å². The molecule has 2 aromatic rings. The summed E-state index contributed by atoms with van der Waals surface area (Å²) in [4.78, 5) is 0. The van der Waals surface area contributed by atoms with Crippen molar-refractivity contribution in [2.24, 2.45) is 0 Å². The Balaban J connectivity index is 1.52. The lowest BCUT2D eigenvalue weighted by Gasteiger charge is -2.42. The Bertz CT molecular complexity index is 969. The first-order chi connectivity index (χ1) is 14.0. The molecule has 152 valence electrons. The standard InChI is InChI=1S/C22H22O7/c23-9-16-18(25)19(26)20(27)22(28-16)29-21-13-7-3-6-12-10-4-1-2-5-11(10)14(17(12)13)8-15(21)24/h1-8,15-16,18-27H,9H2. The van der Waals surface area contributed by atoms with Crippen LogP contribution >= 0.6 is 0 Å². The quantitative estimate of drug-likeness (QED) is 0.431. The van der Waals surface area contributed by atoms with E-state index in [1.807, 2.05) is 42.5 Å². The first-order valence-corrected chi connectivity index (χ1v) is 9.60. The summed E-state index contributed by atoms with van der Waals surface area (Å²) < 4.78 is 11.4. The number of hydrogen-bond donors (Lipinski definition) is 5. The highest BCUT2D eigenvalue weighted by molar-refractivity contribution is 6.03. The molecule has 0 amide bonds. The van der Waals surface area contributed by atoms with Crippen LogP contribution in [0.4, 0.5) is 0 Å². The van der Waals surface area contributed by atoms with E-state index in [2.05, 4.69) is 0 Å². The minimum absolute atomic E-state index is 0.544. The normalized spacial score (nSPS) is 35.1. The number of rotatable bonds is 3. The third-order valence-electron chi connectivity index (χ3n) is 5.96. The average Bonchev–Trinajstić information content (AvgIpc) is 3.06. The van der Waals surface area contributed by atoms with Crippen LogP contribution in [-0.2, 0) is 9.47 Å². The molecule has 3 aliphatic rings. The second-order valence-electron chi connectivity index (χ2n) is 7.64. The molecule has 1 saturated heterocycles. The average molecular weight is 398 g/mol. The van der Waals surface area contributed by atoms with Crippen LogP contribution in [-0.4, -0.2) is 68.9 Å². The van der Waals surface area contributed by atoms with E-state index < -0.39 is 49.5 Å². The van der Waals surface area contributed by atoms with E-state index in [-0.39, 0.29) is 0 Å². The van der Waals surface area contributed by atoms with Crippen LogP contribution in [0.1, 0.15) is 22.8 Å². The van der Waals surface area contributed by atoms with E-state index in [0.29, 0.717) is 0 Å². The summed E-state index contributed by atoms with van der Waals surface area (Å²) in [6, 6.07) is 13.7. The molecule has 1 heterocycles. The Hall–Kier alpha value is -2.10. The van der Waals surface area contributed by atoms with Gasteiger partial charge in [0.1, 0.15) is 36.6 Å². The number of aliphatic hydroxyl groups excluding tert-OH is 5. The van der Waals surface area contributed by atoms with Gasteiger partial charge in [-0.1, -0.05) is 42.5 Å². The van der Waals surface area contributed by atoms with Gasteiger partial charge >= 0.3 is 0 Å². The summed E-state index contributed by atoms with van der Waals surface area (Å²) in [6.45, 7) is -0.544. The molecule has 5 rings (SSSR count). The lowest BCUT2D eigenvalue weighted by atomic mass is 9.86. The molecule has 5 N–H and O–H groups in total. The van der Waals surface area contributed by atoms with E-state index in [1.54, 1.807) is 6.08 Å². The van der Waals surface area contributed by atoms with Crippen molar-refractivity contribution < 1.29 is 35.0 Å². The third kappa shape index (κ3) is 2.78. The van der Waals surface area contributed by atoms with Crippen molar-refractivity contribution in [3.05, 3.63) is 65.2 Å². The lowest BCUT2D eigenvalue weighted by Crippen LogP contribution is -2.59. The van der Waals surface area contributed by atoms with Crippen LogP contribution in [0.3, 0.4) is 0 Å². The summed E-state index contributed by atoms with van der Waals surface area (Å²) in [7, 11) is 0. The number of aliphatic hydroxyl groups is 5. The maximum atomic E-state index is 10.8. The molecule has 29 heavy (non-hydrogen) atoms. The highest BCUT2D eigenvalue weighted by Crippen LogP contribution is 2.51. The van der Waals surface area contributed by atoms with Crippen LogP contribution in [0.25, 0.3) is 16.7 Å². The van der Waals surface area contributed by atoms with E-state index in [1.165, 1.54) is 0 Å². The van der Waals surface area contributed by atoms with Crippen molar-refractivity contribution in [3.63, 3.8) is 0 Å². The summed E-state index contributed by atoms with van der Waals surface area (Å²) in [5, 5.41) is 50.5. The highest BCUT2D eigenvalue weighted by atomic mass is 16.7. The molecular formula is C22H22O7. The van der Waals surface area contributed by atoms with Crippen molar-refractivity contribution in [1.82, 2.24) is 0 Å². The zero-order valence-corrected chi connectivity index (χ0v) is 15.4. The SMILES string of the molecule is OCC1OC(OC2c3cccc4c3C(=CC2O)c2ccccc2-4)C(O)C(O)C1O. The van der Waals surface area contributed by atoms with Crippen LogP contribution in [0, 0.1) is 0 Å². The number of ether oxygens (including phenoxy) is 2. The Labute approximate surface area is 167 Å². The summed E-state index contributed by atoms with van der Waals surface area (Å²) >= 11 is 0. The van der Waals surface area contributed by atoms with E-state index in [0.717, 1.165) is 33.4 Å². The fraction of sp³-hybridized carbons (Fsp3) is 0.364. The van der Waals surface area contributed by atoms with Crippen molar-refractivity contribution in [3.8, 4) is 11.1 Å². The number of hydrogen-bond acceptors (Lipinski definition) is 7. The van der Waals surface area contributed by atoms with Gasteiger partial charge in [0.05, 0.1) is 6.61 Å². The Kier molecular flexibility index (Phi) is 4.56. The van der Waals surface area contributed by atoms with Crippen molar-refractivity contribution in [1.29, 1.82) is 0 Å². The second-order valence-corrected chi connectivity index (χ2v) is 7.64. The zero-order chi connectivity index (χ0) is 20.3. The van der Waals surface area contributed by atoms with Gasteiger partial charge in [0, 0.05) is 0 Å². The van der Waals surface area contributed by atoms with Gasteiger partial charge in [0.15, 0.2) is 6.29 Å². The molecule has 7 heteroatoms. The van der Waals surface area contributed by atoms with Gasteiger partial charge in [-0.25, -0.2) is 0 Å². The maximum Gasteiger partial charge on any atom is 0.187 e. The topological polar surface area (TPSA) is 120 Å². The van der Waals surface area contributed by atoms with Crippen LogP contribution in [0.15, 0.2) is 48.5 Å². The second kappa shape index (κ2) is 7.00. The molecule has 0 aromatic heterocycles. The Morgan fingerprint density at radius 2 is 1.55 bits per heavy atom. The summed E-state index contributed by atoms with van der Waals surface area (Å²) in [6.07, 6.45) is -7.05. The molecule has 7 unspecified atom stereocenters. The third-order valence-corrected chi connectivity index (χ3v) is 5.96. The summed E-state index contributed by atoms with van der Waals surface area (Å²) in [5.41, 5.74) is 5.82. The zero-order valence-electron chi connectivity index (χ0n) is 15.4. The van der Waals surface area contributed by atoms with Gasteiger partial charge in [-0.05, 0) is 39.5 Å². The number of benzene rings is 2. The fourth-order valence-corrected chi connectivity index (χ4v) is 4.51. The minimum atomic E-state index is -1.54. The predicted molar refractivity (Wildman–Crippen MR) is 103 cm³/mol. The van der Waals surface area contributed by atoms with Crippen molar-refractivity contribution in [2.45, 2.75) is 42.9 Å². The smallest absolute Gasteiger partial charge is 0.187 e. The van der Waals surface area contributed by atoms with E-state index in [4.69, 9.17) is 9.47 Å². The molecular weight excluding hydrogens is 376 g/mol. The van der Waals surface area contributed by atoms with Gasteiger partial charge in [-0.2, -0.15) is 0 Å². The molecule has 2 aromatic carbocycles. The summed E-state index contributed by atoms with van der Waals surface area (Å²) in [5.74, 6) is 0. The molecule has 2 aliphatic carbocycles. The molecule has 0 saturated carbocycles. The maximum absolute atomic E-state index is 10.8. The van der Waals surface area contributed by atoms with Crippen molar-refractivity contribution >= 4 is 5.57 Å². The molecule has 0 spiro atoms. The predicted octanol–water partition coefficient (Wildman–Crippen LogP) is 0.331. The van der Waals surface area contributed by atoms with Crippen LogP contribution in [0.5, 0.6) is 0 Å². The molecule has 1 aliphatic heterocycles. The van der Waals surface area contributed by atoms with Crippen molar-refractivity contribution in [2.75, 3.05) is 6.61 Å². The molecule has 7 atom stereocenters. The van der Waals surface area contributed by atoms with Gasteiger partial charge in [-0.15, -0.1) is 0 Å². The first kappa shape index (κ1) is 18.9. The fourth-order valence-electron chi connectivity index (χ4n) is 4.51. The minimum Gasteiger partial charge on any atom is -0.394 e. The Morgan fingerprint density at radius 1 is 0.828 bits per heavy atom. The van der Waals surface area contributed by atoms with E-state index >= 15 is 0 Å². The van der Waals surface area contributed by atoms with Gasteiger partial charge in [-0.3, -0.25) is 0 Å². The lowest BCUT2D eigenvalue weighted by molar-refractivity contribution is -0.317. The molecule has 0 bridgehead atoms. The van der Waals surface area contributed by atoms with Crippen LogP contribution in [0.2, 0.25) is 0 Å². The Morgan fingerprint density at radius 3 is 2.31 bits per heavy atom. The molecule has 1 fully saturated rings.